The van der Waals surface area contributed by atoms with Gasteiger partial charge in [-0.15, -0.1) is 0 Å². The number of nitrogens with zero attached hydrogens (tertiary/aromatic N) is 5. The van der Waals surface area contributed by atoms with Gasteiger partial charge in [-0.3, -0.25) is 24.4 Å². The lowest BCUT2D eigenvalue weighted by molar-refractivity contribution is -0.136. The molecule has 0 aliphatic carbocycles. The van der Waals surface area contributed by atoms with Crippen LogP contribution < -0.4 is 10.6 Å². The van der Waals surface area contributed by atoms with Gasteiger partial charge in [0.25, 0.3) is 0 Å². The maximum Gasteiger partial charge on any atom is 0.324 e. The molecule has 3 aliphatic heterocycles. The molecule has 11 nitrogen and oxygen atoms in total. The predicted molar refractivity (Wildman–Crippen MR) is 107 cm³/mol. The number of morpholine rings is 1. The summed E-state index contributed by atoms with van der Waals surface area (Å²) in [5.74, 6) is 0.725. The Labute approximate surface area is 171 Å². The third kappa shape index (κ3) is 5.80. The normalized spacial score (nSPS) is 21.6. The predicted octanol–water partition coefficient (Wildman–Crippen LogP) is -2.02. The van der Waals surface area contributed by atoms with Crippen molar-refractivity contribution in [3.63, 3.8) is 0 Å². The first-order valence-electron chi connectivity index (χ1n) is 10.3. The highest BCUT2D eigenvalue weighted by Crippen LogP contribution is 2.05. The third-order valence-electron chi connectivity index (χ3n) is 5.25. The van der Waals surface area contributed by atoms with Crippen molar-refractivity contribution >= 4 is 23.8 Å². The second-order valence-corrected chi connectivity index (χ2v) is 7.20. The molecule has 3 fully saturated rings. The lowest BCUT2D eigenvalue weighted by Crippen LogP contribution is -2.55. The Morgan fingerprint density at radius 2 is 1.83 bits per heavy atom. The molecule has 0 saturated carbocycles. The summed E-state index contributed by atoms with van der Waals surface area (Å²) in [6.45, 7) is 9.56. The number of nitrogens with one attached hydrogen (secondary N) is 2. The van der Waals surface area contributed by atoms with Crippen molar-refractivity contribution in [3.8, 4) is 0 Å². The number of piperazine rings is 1. The van der Waals surface area contributed by atoms with Gasteiger partial charge in [0.15, 0.2) is 5.96 Å². The van der Waals surface area contributed by atoms with Crippen molar-refractivity contribution in [3.05, 3.63) is 0 Å². The first kappa shape index (κ1) is 21.3. The Hall–Kier alpha value is -2.40. The lowest BCUT2D eigenvalue weighted by atomic mass is 10.3. The minimum absolute atomic E-state index is 0.0632. The second kappa shape index (κ2) is 10.4. The molecule has 162 valence electrons. The standard InChI is InChI=1S/C18H31N7O4/c1-2-19-17(20-3-4-25-15(26)13-21-18(25)28)24-7-5-22(6-8-24)14-16(27)23-9-11-29-12-10-23/h2-14H2,1H3,(H,19,20)(H,21,28). The van der Waals surface area contributed by atoms with E-state index in [0.29, 0.717) is 39.4 Å². The summed E-state index contributed by atoms with van der Waals surface area (Å²) in [5.41, 5.74) is 0. The summed E-state index contributed by atoms with van der Waals surface area (Å²) in [6.07, 6.45) is 0. The van der Waals surface area contributed by atoms with E-state index >= 15 is 0 Å². The van der Waals surface area contributed by atoms with Gasteiger partial charge in [0.1, 0.15) is 0 Å². The lowest BCUT2D eigenvalue weighted by Gasteiger charge is -2.37. The van der Waals surface area contributed by atoms with Gasteiger partial charge in [0, 0.05) is 45.8 Å². The molecule has 2 N–H and O–H groups in total. The Morgan fingerprint density at radius 3 is 2.45 bits per heavy atom. The summed E-state index contributed by atoms with van der Waals surface area (Å²) in [7, 11) is 0. The van der Waals surface area contributed by atoms with Crippen molar-refractivity contribution < 1.29 is 19.1 Å². The van der Waals surface area contributed by atoms with E-state index in [9.17, 15) is 14.4 Å². The molecular formula is C18H31N7O4. The number of ether oxygens (including phenoxy) is 1. The number of hydrogen-bond donors (Lipinski definition) is 2. The van der Waals surface area contributed by atoms with Gasteiger partial charge in [-0.25, -0.2) is 4.79 Å². The second-order valence-electron chi connectivity index (χ2n) is 7.20. The number of carbonyl (C=O) groups excluding carboxylic acids is 3. The molecule has 0 spiro atoms. The summed E-state index contributed by atoms with van der Waals surface area (Å²) >= 11 is 0. The molecule has 0 aromatic rings. The molecule has 0 radical (unpaired) electrons. The van der Waals surface area contributed by atoms with Crippen LogP contribution in [0.4, 0.5) is 4.79 Å². The summed E-state index contributed by atoms with van der Waals surface area (Å²) < 4.78 is 5.30. The minimum atomic E-state index is -0.353. The van der Waals surface area contributed by atoms with Gasteiger partial charge in [0.2, 0.25) is 11.8 Å². The fourth-order valence-corrected chi connectivity index (χ4v) is 3.59. The maximum atomic E-state index is 12.4. The summed E-state index contributed by atoms with van der Waals surface area (Å²) in [5, 5.41) is 5.78. The Balaban J connectivity index is 1.45. The van der Waals surface area contributed by atoms with Crippen LogP contribution in [0.5, 0.6) is 0 Å². The van der Waals surface area contributed by atoms with Crippen molar-refractivity contribution in [1.29, 1.82) is 0 Å². The number of imide groups is 1. The minimum Gasteiger partial charge on any atom is -0.378 e. The highest BCUT2D eigenvalue weighted by Gasteiger charge is 2.28. The molecule has 3 rings (SSSR count). The van der Waals surface area contributed by atoms with E-state index in [0.717, 1.165) is 38.7 Å². The number of hydrogen-bond acceptors (Lipinski definition) is 6. The highest BCUT2D eigenvalue weighted by molar-refractivity contribution is 6.01. The van der Waals surface area contributed by atoms with Crippen LogP contribution in [-0.2, 0) is 14.3 Å². The summed E-state index contributed by atoms with van der Waals surface area (Å²) in [4.78, 5) is 47.6. The van der Waals surface area contributed by atoms with E-state index < -0.39 is 0 Å². The number of urea groups is 1. The molecule has 0 atom stereocenters. The highest BCUT2D eigenvalue weighted by atomic mass is 16.5. The number of rotatable bonds is 6. The average molecular weight is 409 g/mol. The smallest absolute Gasteiger partial charge is 0.324 e. The monoisotopic (exact) mass is 409 g/mol. The molecule has 3 aliphatic rings. The van der Waals surface area contributed by atoms with Crippen molar-refractivity contribution in [2.75, 3.05) is 85.2 Å². The fraction of sp³-hybridized carbons (Fsp3) is 0.778. The average Bonchev–Trinajstić information content (AvgIpc) is 3.06. The zero-order chi connectivity index (χ0) is 20.6. The number of aliphatic imine (C=N–C) groups is 1. The summed E-state index contributed by atoms with van der Waals surface area (Å²) in [6, 6.07) is -0.353. The van der Waals surface area contributed by atoms with E-state index in [1.165, 1.54) is 4.90 Å². The molecule has 11 heteroatoms. The molecule has 0 aromatic carbocycles. The molecule has 0 unspecified atom stereocenters. The van der Waals surface area contributed by atoms with E-state index in [2.05, 4.69) is 25.4 Å². The molecule has 0 aromatic heterocycles. The van der Waals surface area contributed by atoms with Gasteiger partial charge in [0.05, 0.1) is 39.4 Å². The molecule has 4 amide bonds. The molecule has 0 bridgehead atoms. The van der Waals surface area contributed by atoms with Crippen LogP contribution in [-0.4, -0.2) is 129 Å². The molecule has 3 saturated heterocycles. The van der Waals surface area contributed by atoms with Crippen LogP contribution >= 0.6 is 0 Å². The van der Waals surface area contributed by atoms with Crippen molar-refractivity contribution in [1.82, 2.24) is 30.2 Å². The number of carbonyl (C=O) groups is 3. The zero-order valence-corrected chi connectivity index (χ0v) is 17.1. The fourth-order valence-electron chi connectivity index (χ4n) is 3.59. The topological polar surface area (TPSA) is 110 Å². The van der Waals surface area contributed by atoms with E-state index in [1.54, 1.807) is 0 Å². The first-order chi connectivity index (χ1) is 14.1. The van der Waals surface area contributed by atoms with Gasteiger partial charge < -0.3 is 25.2 Å². The van der Waals surface area contributed by atoms with Crippen LogP contribution in [0.3, 0.4) is 0 Å². The Morgan fingerprint density at radius 1 is 1.10 bits per heavy atom. The molecule has 29 heavy (non-hydrogen) atoms. The van der Waals surface area contributed by atoms with Crippen molar-refractivity contribution in [2.24, 2.45) is 4.99 Å². The number of amides is 4. The van der Waals surface area contributed by atoms with E-state index in [4.69, 9.17) is 4.74 Å². The SMILES string of the molecule is CCNC(=NCCN1C(=O)CNC1=O)N1CCN(CC(=O)N2CCOCC2)CC1. The van der Waals surface area contributed by atoms with Gasteiger partial charge >= 0.3 is 6.03 Å². The van der Waals surface area contributed by atoms with E-state index in [1.807, 2.05) is 11.8 Å². The van der Waals surface area contributed by atoms with Crippen LogP contribution in [0, 0.1) is 0 Å². The van der Waals surface area contributed by atoms with Crippen LogP contribution in [0.15, 0.2) is 4.99 Å². The number of guanidine groups is 1. The maximum absolute atomic E-state index is 12.4. The molecular weight excluding hydrogens is 378 g/mol. The zero-order valence-electron chi connectivity index (χ0n) is 17.1. The van der Waals surface area contributed by atoms with Crippen LogP contribution in [0.2, 0.25) is 0 Å². The van der Waals surface area contributed by atoms with Gasteiger partial charge in [-0.05, 0) is 6.92 Å². The van der Waals surface area contributed by atoms with Gasteiger partial charge in [-0.2, -0.15) is 0 Å². The van der Waals surface area contributed by atoms with Crippen molar-refractivity contribution in [2.45, 2.75) is 6.92 Å². The quantitative estimate of drug-likeness (QED) is 0.296. The Kier molecular flexibility index (Phi) is 7.64. The molecule has 3 heterocycles. The third-order valence-corrected chi connectivity index (χ3v) is 5.25. The van der Waals surface area contributed by atoms with E-state index in [-0.39, 0.29) is 30.9 Å². The van der Waals surface area contributed by atoms with Gasteiger partial charge in [-0.1, -0.05) is 0 Å². The van der Waals surface area contributed by atoms with Crippen LogP contribution in [0.25, 0.3) is 0 Å². The first-order valence-corrected chi connectivity index (χ1v) is 10.3. The Bertz CT molecular complexity index is 612. The van der Waals surface area contributed by atoms with Crippen LogP contribution in [0.1, 0.15) is 6.92 Å². The largest absolute Gasteiger partial charge is 0.378 e.